The molecule has 4 rings (SSSR count). The molecule has 0 saturated heterocycles. The number of aryl methyl sites for hydroxylation is 1. The van der Waals surface area contributed by atoms with Gasteiger partial charge in [-0.1, -0.05) is 49.3 Å². The molecule has 0 aliphatic heterocycles. The van der Waals surface area contributed by atoms with Crippen LogP contribution in [0.15, 0.2) is 53.4 Å². The smallest absolute Gasteiger partial charge is 0.256 e. The van der Waals surface area contributed by atoms with Crippen molar-refractivity contribution in [1.82, 2.24) is 19.1 Å². The van der Waals surface area contributed by atoms with Crippen molar-refractivity contribution >= 4 is 54.9 Å². The van der Waals surface area contributed by atoms with Gasteiger partial charge in [0.05, 0.1) is 20.3 Å². The van der Waals surface area contributed by atoms with E-state index in [2.05, 4.69) is 15.4 Å². The van der Waals surface area contributed by atoms with E-state index in [9.17, 15) is 13.2 Å². The number of nitrogens with one attached hydrogen (secondary N) is 1. The number of sulfonamides is 1. The Hall–Kier alpha value is -2.79. The summed E-state index contributed by atoms with van der Waals surface area (Å²) in [4.78, 5) is 17.7. The number of rotatable bonds is 9. The predicted molar refractivity (Wildman–Crippen MR) is 140 cm³/mol. The van der Waals surface area contributed by atoms with Crippen LogP contribution < -0.4 is 5.32 Å². The van der Waals surface area contributed by atoms with E-state index in [1.807, 2.05) is 32.9 Å². The molecule has 35 heavy (non-hydrogen) atoms. The van der Waals surface area contributed by atoms with Gasteiger partial charge in [-0.3, -0.25) is 4.79 Å². The molecule has 2 heterocycles. The average Bonchev–Trinajstić information content (AvgIpc) is 3.43. The minimum atomic E-state index is -3.61. The maximum absolute atomic E-state index is 13.0. The molecule has 2 aromatic heterocycles. The van der Waals surface area contributed by atoms with E-state index < -0.39 is 10.0 Å². The number of halogens is 1. The van der Waals surface area contributed by atoms with Gasteiger partial charge in [-0.25, -0.2) is 13.4 Å². The van der Waals surface area contributed by atoms with Gasteiger partial charge in [0.25, 0.3) is 5.91 Å². The Balaban J connectivity index is 1.56. The highest BCUT2D eigenvalue weighted by molar-refractivity contribution is 7.89. The number of thiazole rings is 1. The van der Waals surface area contributed by atoms with Crippen LogP contribution in [0, 0.1) is 6.92 Å². The van der Waals surface area contributed by atoms with Crippen LogP contribution in [0.25, 0.3) is 15.3 Å². The Kier molecular flexibility index (Phi) is 7.56. The van der Waals surface area contributed by atoms with Crippen molar-refractivity contribution in [2.45, 2.75) is 38.5 Å². The van der Waals surface area contributed by atoms with Crippen molar-refractivity contribution in [1.29, 1.82) is 0 Å². The summed E-state index contributed by atoms with van der Waals surface area (Å²) >= 11 is 7.68. The molecule has 184 valence electrons. The van der Waals surface area contributed by atoms with Crippen LogP contribution in [0.2, 0.25) is 5.02 Å². The van der Waals surface area contributed by atoms with Crippen LogP contribution in [-0.2, 0) is 10.0 Å². The van der Waals surface area contributed by atoms with Crippen molar-refractivity contribution in [3.63, 3.8) is 0 Å². The number of carbonyl (C=O) groups is 1. The Morgan fingerprint density at radius 3 is 2.57 bits per heavy atom. The number of para-hydroxylation sites is 1. The molecule has 0 aliphatic carbocycles. The van der Waals surface area contributed by atoms with Gasteiger partial charge in [-0.2, -0.15) is 14.1 Å². The molecule has 1 amide bonds. The summed E-state index contributed by atoms with van der Waals surface area (Å²) in [7, 11) is -3.61. The molecule has 2 aromatic carbocycles. The minimum Gasteiger partial charge on any atom is -0.306 e. The summed E-state index contributed by atoms with van der Waals surface area (Å²) in [6.07, 6.45) is 1.70. The SMILES string of the molecule is CCCCN(CC)S(=O)(=O)c1ccc(C(=O)Nc2cc(C)nn2-c2nc3c(Cl)cccc3s2)cc1. The molecule has 11 heteroatoms. The molecule has 0 unspecified atom stereocenters. The first-order valence-corrected chi connectivity index (χ1v) is 13.9. The Morgan fingerprint density at radius 2 is 1.91 bits per heavy atom. The highest BCUT2D eigenvalue weighted by Gasteiger charge is 2.23. The lowest BCUT2D eigenvalue weighted by Crippen LogP contribution is -2.31. The number of carbonyl (C=O) groups excluding carboxylic acids is 1. The van der Waals surface area contributed by atoms with Gasteiger partial charge < -0.3 is 5.32 Å². The Morgan fingerprint density at radius 1 is 1.17 bits per heavy atom. The van der Waals surface area contributed by atoms with E-state index in [1.165, 1.54) is 39.9 Å². The molecule has 4 aromatic rings. The lowest BCUT2D eigenvalue weighted by atomic mass is 10.2. The third kappa shape index (κ3) is 5.25. The number of fused-ring (bicyclic) bond motifs is 1. The van der Waals surface area contributed by atoms with Gasteiger partial charge in [0.1, 0.15) is 11.3 Å². The van der Waals surface area contributed by atoms with Crippen molar-refractivity contribution in [3.8, 4) is 5.13 Å². The number of hydrogen-bond donors (Lipinski definition) is 1. The highest BCUT2D eigenvalue weighted by atomic mass is 35.5. The second-order valence-electron chi connectivity index (χ2n) is 7.99. The van der Waals surface area contributed by atoms with Crippen molar-refractivity contribution in [2.75, 3.05) is 18.4 Å². The summed E-state index contributed by atoms with van der Waals surface area (Å²) in [5.41, 5.74) is 1.72. The van der Waals surface area contributed by atoms with Crippen LogP contribution in [0.5, 0.6) is 0 Å². The summed E-state index contributed by atoms with van der Waals surface area (Å²) in [5, 5.41) is 8.46. The lowest BCUT2D eigenvalue weighted by molar-refractivity contribution is 0.102. The molecule has 0 radical (unpaired) electrons. The predicted octanol–water partition coefficient (Wildman–Crippen LogP) is 5.51. The molecule has 1 N–H and O–H groups in total. The van der Waals surface area contributed by atoms with E-state index in [0.717, 1.165) is 17.5 Å². The summed E-state index contributed by atoms with van der Waals surface area (Å²) in [5.74, 6) is 0.0728. The van der Waals surface area contributed by atoms with Crippen LogP contribution in [-0.4, -0.2) is 46.5 Å². The number of amides is 1. The molecule has 0 atom stereocenters. The third-order valence-corrected chi connectivity index (χ3v) is 8.77. The molecule has 0 saturated carbocycles. The molecular weight excluding hydrogens is 506 g/mol. The second kappa shape index (κ2) is 10.4. The van der Waals surface area contributed by atoms with Gasteiger partial charge >= 0.3 is 0 Å². The molecule has 0 spiro atoms. The fraction of sp³-hybridized carbons (Fsp3) is 0.292. The zero-order valence-corrected chi connectivity index (χ0v) is 22.0. The van der Waals surface area contributed by atoms with E-state index in [-0.39, 0.29) is 10.8 Å². The van der Waals surface area contributed by atoms with Crippen LogP contribution in [0.4, 0.5) is 5.82 Å². The summed E-state index contributed by atoms with van der Waals surface area (Å²) in [6.45, 7) is 6.53. The molecule has 0 aliphatic rings. The lowest BCUT2D eigenvalue weighted by Gasteiger charge is -2.20. The van der Waals surface area contributed by atoms with Gasteiger partial charge in [-0.15, -0.1) is 0 Å². The van der Waals surface area contributed by atoms with E-state index >= 15 is 0 Å². The quantitative estimate of drug-likeness (QED) is 0.307. The number of hydrogen-bond acceptors (Lipinski definition) is 6. The summed E-state index contributed by atoms with van der Waals surface area (Å²) < 4.78 is 29.8. The molecule has 0 bridgehead atoms. The van der Waals surface area contributed by atoms with Crippen LogP contribution >= 0.6 is 22.9 Å². The topological polar surface area (TPSA) is 97.2 Å². The van der Waals surface area contributed by atoms with E-state index in [1.54, 1.807) is 16.8 Å². The highest BCUT2D eigenvalue weighted by Crippen LogP contribution is 2.31. The van der Waals surface area contributed by atoms with Gasteiger partial charge in [0.15, 0.2) is 0 Å². The Bertz CT molecular complexity index is 1460. The first-order valence-electron chi connectivity index (χ1n) is 11.3. The minimum absolute atomic E-state index is 0.166. The van der Waals surface area contributed by atoms with E-state index in [0.29, 0.717) is 45.8 Å². The number of unbranched alkanes of at least 4 members (excludes halogenated alkanes) is 1. The number of benzene rings is 2. The summed E-state index contributed by atoms with van der Waals surface area (Å²) in [6, 6.07) is 13.3. The molecular formula is C24H26ClN5O3S2. The fourth-order valence-corrected chi connectivity index (χ4v) is 6.35. The number of anilines is 1. The first kappa shape index (κ1) is 25.3. The normalized spacial score (nSPS) is 11.9. The average molecular weight is 532 g/mol. The van der Waals surface area contributed by atoms with Crippen LogP contribution in [0.3, 0.4) is 0 Å². The maximum atomic E-state index is 13.0. The number of aromatic nitrogens is 3. The fourth-order valence-electron chi connectivity index (χ4n) is 3.63. The Labute approximate surface area is 213 Å². The maximum Gasteiger partial charge on any atom is 0.256 e. The number of nitrogens with zero attached hydrogens (tertiary/aromatic N) is 4. The van der Waals surface area contributed by atoms with Gasteiger partial charge in [0, 0.05) is 24.7 Å². The van der Waals surface area contributed by atoms with Crippen molar-refractivity contribution in [3.05, 3.63) is 64.8 Å². The van der Waals surface area contributed by atoms with Gasteiger partial charge in [0.2, 0.25) is 15.2 Å². The van der Waals surface area contributed by atoms with Crippen molar-refractivity contribution < 1.29 is 13.2 Å². The van der Waals surface area contributed by atoms with Crippen molar-refractivity contribution in [2.24, 2.45) is 0 Å². The largest absolute Gasteiger partial charge is 0.306 e. The second-order valence-corrected chi connectivity index (χ2v) is 11.3. The van der Waals surface area contributed by atoms with Gasteiger partial charge in [-0.05, 0) is 49.7 Å². The zero-order chi connectivity index (χ0) is 25.2. The standard InChI is InChI=1S/C24H26ClN5O3S2/c1-4-6-14-29(5-2)35(32,33)18-12-10-17(11-13-18)23(31)26-21-15-16(3)28-30(21)24-27-22-19(25)8-7-9-20(22)34-24/h7-13,15H,4-6,14H2,1-3H3,(H,26,31). The monoisotopic (exact) mass is 531 g/mol. The zero-order valence-electron chi connectivity index (χ0n) is 19.7. The third-order valence-electron chi connectivity index (χ3n) is 5.48. The van der Waals surface area contributed by atoms with Crippen LogP contribution in [0.1, 0.15) is 42.7 Å². The molecule has 8 nitrogen and oxygen atoms in total. The molecule has 0 fully saturated rings. The first-order chi connectivity index (χ1) is 16.7. The van der Waals surface area contributed by atoms with E-state index in [4.69, 9.17) is 11.6 Å².